The average molecular weight is 1110 g/mol. The number of carbonyl (C=O) groups is 9. The largest absolute Gasteiger partial charge is 0.508 e. The van der Waals surface area contributed by atoms with Crippen molar-refractivity contribution in [2.24, 2.45) is 17.6 Å². The summed E-state index contributed by atoms with van der Waals surface area (Å²) in [7, 11) is 0. The molecule has 1 aliphatic rings. The minimum Gasteiger partial charge on any atom is -0.508 e. The zero-order chi connectivity index (χ0) is 58.3. The molecule has 2 heterocycles. The van der Waals surface area contributed by atoms with E-state index in [4.69, 9.17) is 5.73 Å². The number of aromatic hydroxyl groups is 2. The van der Waals surface area contributed by atoms with Gasteiger partial charge in [-0.1, -0.05) is 102 Å². The fourth-order valence-electron chi connectivity index (χ4n) is 9.69. The first kappa shape index (κ1) is 62.8. The van der Waals surface area contributed by atoms with E-state index in [1.54, 1.807) is 6.20 Å². The minimum absolute atomic E-state index is 0.00770. The van der Waals surface area contributed by atoms with Gasteiger partial charge in [0.15, 0.2) is 0 Å². The van der Waals surface area contributed by atoms with E-state index in [9.17, 15) is 63.6 Å². The van der Waals surface area contributed by atoms with Crippen LogP contribution in [0.15, 0.2) is 79.0 Å². The molecule has 80 heavy (non-hydrogen) atoms. The molecule has 1 aromatic heterocycles. The van der Waals surface area contributed by atoms with Gasteiger partial charge in [0.25, 0.3) is 0 Å². The topological polar surface area (TPSA) is 352 Å². The molecule has 22 heteroatoms. The Labute approximate surface area is 465 Å². The van der Waals surface area contributed by atoms with Crippen molar-refractivity contribution in [1.29, 1.82) is 0 Å². The normalized spacial score (nSPS) is 21.5. The molecule has 13 N–H and O–H groups in total. The zero-order valence-corrected chi connectivity index (χ0v) is 45.8. The molecule has 1 aliphatic heterocycles. The third-order valence-electron chi connectivity index (χ3n) is 14.2. The summed E-state index contributed by atoms with van der Waals surface area (Å²) < 4.78 is 0. The van der Waals surface area contributed by atoms with Crippen LogP contribution in [0.5, 0.6) is 11.5 Å². The lowest BCUT2D eigenvalue weighted by molar-refractivity contribution is -0.143. The SMILES string of the molecule is CC[C@H]1CCCCCCCCCN(CC(=O)N[C@@H](Cc2ccc(O)cc2)C(=O)O)C(=O)[C@H](CC(C)C)NC(=O)C(Cc2ccc(O)cc2)NC(=O)[C@H](CCC(N)=O)NC(=O)C(CO)NC(=O)[C@H](Cc2c[nH]c3ccccc23)NC1=O. The maximum atomic E-state index is 14.8. The van der Waals surface area contributed by atoms with Gasteiger partial charge in [0, 0.05) is 55.2 Å². The minimum atomic E-state index is -1.68. The van der Waals surface area contributed by atoms with Crippen molar-refractivity contribution in [2.75, 3.05) is 19.7 Å². The van der Waals surface area contributed by atoms with Crippen LogP contribution in [0.2, 0.25) is 0 Å². The van der Waals surface area contributed by atoms with Crippen LogP contribution in [0.3, 0.4) is 0 Å². The first-order valence-corrected chi connectivity index (χ1v) is 27.6. The van der Waals surface area contributed by atoms with Gasteiger partial charge in [-0.15, -0.1) is 0 Å². The lowest BCUT2D eigenvalue weighted by Crippen LogP contribution is -2.60. The Morgan fingerprint density at radius 3 is 1.82 bits per heavy atom. The van der Waals surface area contributed by atoms with Crippen LogP contribution in [0, 0.1) is 11.8 Å². The molecule has 0 radical (unpaired) electrons. The molecule has 0 spiro atoms. The van der Waals surface area contributed by atoms with Crippen LogP contribution >= 0.6 is 0 Å². The molecule has 3 aromatic carbocycles. The number of rotatable bonds is 17. The third kappa shape index (κ3) is 20.0. The van der Waals surface area contributed by atoms with Gasteiger partial charge in [0.1, 0.15) is 47.8 Å². The van der Waals surface area contributed by atoms with Crippen molar-refractivity contribution in [3.63, 3.8) is 0 Å². The van der Waals surface area contributed by atoms with Gasteiger partial charge < -0.3 is 67.9 Å². The number of primary amides is 1. The quantitative estimate of drug-likeness (QED) is 0.0725. The Hall–Kier alpha value is -8.01. The molecule has 0 bridgehead atoms. The van der Waals surface area contributed by atoms with Crippen molar-refractivity contribution >= 4 is 64.1 Å². The van der Waals surface area contributed by atoms with Crippen LogP contribution in [0.4, 0.5) is 0 Å². The lowest BCUT2D eigenvalue weighted by Gasteiger charge is -2.30. The standard InChI is InChI=1S/C58H79N9O13/c1-4-38-14-10-8-6-5-7-9-13-27-67(33-51(72)61-48(58(79)80)30-37-19-23-41(70)24-20-37)57(78)47(28-35(2)3)65-54(75)45(29-36-17-21-40(69)22-18-36)64-53(74)44(25-26-50(59)71)62-56(77)49(34-68)66-55(76)46(63-52(38)73)31-39-32-60-43-16-12-11-15-42(39)43/h11-12,15-24,32,35,38,44-49,60,68-70H,4-10,13-14,25-31,33-34H2,1-3H3,(H2,59,71)(H,61,72)(H,62,77)(H,63,73)(H,64,74)(H,65,75)(H,66,76)(H,79,80)/t38-,44-,45?,46-,47-,48-,49?/m0/s1. The molecular weight excluding hydrogens is 1030 g/mol. The number of nitrogens with one attached hydrogen (secondary N) is 7. The maximum absolute atomic E-state index is 14.8. The lowest BCUT2D eigenvalue weighted by atomic mass is 9.95. The zero-order valence-electron chi connectivity index (χ0n) is 45.8. The number of aliphatic hydroxyl groups is 1. The predicted octanol–water partition coefficient (Wildman–Crippen LogP) is 2.89. The number of aromatic nitrogens is 1. The Balaban J connectivity index is 1.48. The van der Waals surface area contributed by atoms with E-state index >= 15 is 0 Å². The van der Waals surface area contributed by atoms with Gasteiger partial charge in [0.2, 0.25) is 47.3 Å². The highest BCUT2D eigenvalue weighted by atomic mass is 16.4. The fourth-order valence-corrected chi connectivity index (χ4v) is 9.69. The van der Waals surface area contributed by atoms with E-state index in [2.05, 4.69) is 36.9 Å². The Morgan fingerprint density at radius 1 is 0.675 bits per heavy atom. The molecule has 8 amide bonds. The van der Waals surface area contributed by atoms with Crippen LogP contribution in [0.25, 0.3) is 10.9 Å². The first-order valence-electron chi connectivity index (χ1n) is 27.6. The van der Waals surface area contributed by atoms with Gasteiger partial charge in [-0.2, -0.15) is 0 Å². The summed E-state index contributed by atoms with van der Waals surface area (Å²) in [5.41, 5.74) is 7.97. The maximum Gasteiger partial charge on any atom is 0.326 e. The number of hydrogen-bond acceptors (Lipinski definition) is 12. The first-order chi connectivity index (χ1) is 38.2. The van der Waals surface area contributed by atoms with E-state index in [0.29, 0.717) is 48.8 Å². The molecule has 4 aromatic rings. The summed E-state index contributed by atoms with van der Waals surface area (Å²) in [5.74, 6) is -8.45. The number of phenols is 2. The molecule has 2 unspecified atom stereocenters. The number of aromatic amines is 1. The number of H-pyrrole nitrogens is 1. The predicted molar refractivity (Wildman–Crippen MR) is 297 cm³/mol. The molecule has 0 saturated carbocycles. The monoisotopic (exact) mass is 1110 g/mol. The molecule has 5 rings (SSSR count). The fraction of sp³-hybridized carbons (Fsp3) is 0.500. The van der Waals surface area contributed by atoms with Gasteiger partial charge in [-0.25, -0.2) is 4.79 Å². The summed E-state index contributed by atoms with van der Waals surface area (Å²) in [6, 6.07) is 10.3. The number of nitrogens with two attached hydrogens (primary N) is 1. The highest BCUT2D eigenvalue weighted by Gasteiger charge is 2.35. The van der Waals surface area contributed by atoms with E-state index in [0.717, 1.165) is 36.6 Å². The molecule has 1 saturated heterocycles. The highest BCUT2D eigenvalue weighted by molar-refractivity contribution is 5.98. The summed E-state index contributed by atoms with van der Waals surface area (Å²) in [6.07, 6.45) is 6.66. The number of amides is 8. The van der Waals surface area contributed by atoms with E-state index < -0.39 is 115 Å². The number of carboxylic acids is 1. The van der Waals surface area contributed by atoms with Crippen molar-refractivity contribution in [3.8, 4) is 11.5 Å². The number of aliphatic hydroxyl groups excluding tert-OH is 1. The van der Waals surface area contributed by atoms with Crippen molar-refractivity contribution in [2.45, 2.75) is 153 Å². The van der Waals surface area contributed by atoms with Crippen LogP contribution < -0.4 is 37.6 Å². The molecule has 22 nitrogen and oxygen atoms in total. The number of nitrogens with zero attached hydrogens (tertiary/aromatic N) is 1. The van der Waals surface area contributed by atoms with E-state index in [-0.39, 0.29) is 55.6 Å². The third-order valence-corrected chi connectivity index (χ3v) is 14.2. The number of aliphatic carboxylic acids is 1. The van der Waals surface area contributed by atoms with Crippen LogP contribution in [-0.4, -0.2) is 139 Å². The van der Waals surface area contributed by atoms with Gasteiger partial charge >= 0.3 is 5.97 Å². The van der Waals surface area contributed by atoms with E-state index in [1.807, 2.05) is 45.0 Å². The molecule has 7 atom stereocenters. The summed E-state index contributed by atoms with van der Waals surface area (Å²) in [5, 5.41) is 57.2. The van der Waals surface area contributed by atoms with Gasteiger partial charge in [-0.3, -0.25) is 38.4 Å². The number of carbonyl (C=O) groups excluding carboxylic acids is 8. The molecule has 0 aliphatic carbocycles. The summed E-state index contributed by atoms with van der Waals surface area (Å²) in [4.78, 5) is 129. The average Bonchev–Trinajstić information content (AvgIpc) is 3.84. The van der Waals surface area contributed by atoms with Crippen molar-refractivity contribution in [1.82, 2.24) is 41.8 Å². The molecule has 1 fully saturated rings. The van der Waals surface area contributed by atoms with Crippen LogP contribution in [-0.2, 0) is 62.4 Å². The number of phenolic OH excluding ortho intramolecular Hbond substituents is 2. The Bertz CT molecular complexity index is 2730. The number of carboxylic acid groups (broad SMARTS) is 1. The van der Waals surface area contributed by atoms with Crippen molar-refractivity contribution < 1.29 is 63.6 Å². The molecule has 434 valence electrons. The highest BCUT2D eigenvalue weighted by Crippen LogP contribution is 2.22. The van der Waals surface area contributed by atoms with Gasteiger partial charge in [-0.05, 0) is 85.0 Å². The second kappa shape index (κ2) is 31.5. The molecular formula is C58H79N9O13. The van der Waals surface area contributed by atoms with E-state index in [1.165, 1.54) is 53.4 Å². The Kier molecular flexibility index (Phi) is 24.8. The number of para-hydroxylation sites is 1. The van der Waals surface area contributed by atoms with Crippen LogP contribution in [0.1, 0.15) is 115 Å². The second-order valence-electron chi connectivity index (χ2n) is 21.0. The summed E-state index contributed by atoms with van der Waals surface area (Å²) in [6.45, 7) is 4.05. The summed E-state index contributed by atoms with van der Waals surface area (Å²) >= 11 is 0. The number of benzene rings is 3. The second-order valence-corrected chi connectivity index (χ2v) is 21.0. The van der Waals surface area contributed by atoms with Gasteiger partial charge in [0.05, 0.1) is 13.2 Å². The van der Waals surface area contributed by atoms with Crippen molar-refractivity contribution in [3.05, 3.63) is 95.7 Å². The Morgan fingerprint density at radius 2 is 1.21 bits per heavy atom. The number of fused-ring (bicyclic) bond motifs is 1. The number of hydrogen-bond donors (Lipinski definition) is 12. The smallest absolute Gasteiger partial charge is 0.326 e.